The molecule has 0 radical (unpaired) electrons. The van der Waals surface area contributed by atoms with Gasteiger partial charge in [-0.25, -0.2) is 14.5 Å². The predicted octanol–water partition coefficient (Wildman–Crippen LogP) is 1.41. The third-order valence-corrected chi connectivity index (χ3v) is 5.62. The van der Waals surface area contributed by atoms with Crippen molar-refractivity contribution in [3.8, 4) is 0 Å². The van der Waals surface area contributed by atoms with E-state index in [-0.39, 0.29) is 25.1 Å². The number of imidazole rings is 1. The van der Waals surface area contributed by atoms with Crippen LogP contribution in [0.15, 0.2) is 6.33 Å². The number of halogens is 1. The molecule has 1 aliphatic rings. The lowest BCUT2D eigenvalue weighted by Crippen LogP contribution is -2.33. The molecule has 1 unspecified atom stereocenters. The van der Waals surface area contributed by atoms with E-state index in [0.717, 1.165) is 0 Å². The second-order valence-corrected chi connectivity index (χ2v) is 8.51. The predicted molar refractivity (Wildman–Crippen MR) is 111 cm³/mol. The van der Waals surface area contributed by atoms with Gasteiger partial charge < -0.3 is 25.0 Å². The third kappa shape index (κ3) is 5.48. The Hall–Kier alpha value is -2.34. The number of carbonyl (C=O) groups is 1. The van der Waals surface area contributed by atoms with Crippen molar-refractivity contribution in [3.05, 3.63) is 6.33 Å². The summed E-state index contributed by atoms with van der Waals surface area (Å²) in [6, 6.07) is -0.802. The molecule has 172 valence electrons. The molecule has 31 heavy (non-hydrogen) atoms. The molecule has 4 N–H and O–H groups in total. The number of rotatable bonds is 9. The molecular weight excluding hydrogens is 432 g/mol. The minimum atomic E-state index is -2.76. The van der Waals surface area contributed by atoms with E-state index in [1.54, 1.807) is 20.9 Å². The highest BCUT2D eigenvalue weighted by molar-refractivity contribution is 7.36. The van der Waals surface area contributed by atoms with E-state index in [9.17, 15) is 13.8 Å². The van der Waals surface area contributed by atoms with Crippen LogP contribution in [0.25, 0.3) is 11.2 Å². The molecule has 0 aliphatic carbocycles. The van der Waals surface area contributed by atoms with Gasteiger partial charge in [0.15, 0.2) is 23.2 Å². The number of ether oxygens (including phenoxy) is 2. The van der Waals surface area contributed by atoms with E-state index >= 15 is 0 Å². The molecule has 0 spiro atoms. The van der Waals surface area contributed by atoms with Gasteiger partial charge in [0, 0.05) is 13.5 Å². The molecule has 3 rings (SSSR count). The van der Waals surface area contributed by atoms with Crippen LogP contribution < -0.4 is 16.1 Å². The summed E-state index contributed by atoms with van der Waals surface area (Å²) in [6.45, 7) is 4.84. The molecule has 5 atom stereocenters. The Morgan fingerprint density at radius 1 is 1.45 bits per heavy atom. The number of nitrogens with zero attached hydrogens (tertiary/aromatic N) is 4. The molecule has 1 aliphatic heterocycles. The molecule has 12 nitrogen and oxygen atoms in total. The first kappa shape index (κ1) is 23.3. The fourth-order valence-corrected chi connectivity index (χ4v) is 4.02. The molecule has 1 fully saturated rings. The average Bonchev–Trinajstić information content (AvgIpc) is 3.27. The Bertz CT molecular complexity index is 958. The first-order valence-electron chi connectivity index (χ1n) is 9.80. The van der Waals surface area contributed by atoms with Gasteiger partial charge in [-0.1, -0.05) is 0 Å². The van der Waals surface area contributed by atoms with E-state index in [0.29, 0.717) is 17.0 Å². The fourth-order valence-electron chi connectivity index (χ4n) is 3.13. The normalized spacial score (nSPS) is 23.2. The fraction of sp³-hybridized carbons (Fsp3) is 0.647. The van der Waals surface area contributed by atoms with Crippen LogP contribution in [0.5, 0.6) is 0 Å². The van der Waals surface area contributed by atoms with Crippen molar-refractivity contribution in [2.24, 2.45) is 0 Å². The van der Waals surface area contributed by atoms with Crippen molar-refractivity contribution < 1.29 is 27.7 Å². The van der Waals surface area contributed by atoms with Crippen molar-refractivity contribution in [2.45, 2.75) is 57.8 Å². The third-order valence-electron chi connectivity index (χ3n) is 4.52. The van der Waals surface area contributed by atoms with Gasteiger partial charge in [-0.2, -0.15) is 9.97 Å². The van der Waals surface area contributed by atoms with Crippen LogP contribution in [0.4, 0.5) is 16.2 Å². The number of fused-ring (bicyclic) bond motifs is 1. The standard InChI is InChI=1S/C17H27FN7O5P/c1-8(2)29-16(26)9(3)24-31(27)28-6-10-5-11(18)15(30-10)25-7-21-12-13(20-4)22-17(19)23-14(12)25/h7-11,15,31H,5-6H2,1-4H3,(H,24,27)(H3,19,20,22,23)/t9-,10+,11+,15-/m1/s1. The molecule has 0 aromatic carbocycles. The van der Waals surface area contributed by atoms with Gasteiger partial charge in [0.2, 0.25) is 5.95 Å². The largest absolute Gasteiger partial charge is 0.462 e. The number of nitrogen functional groups attached to an aromatic ring is 1. The summed E-state index contributed by atoms with van der Waals surface area (Å²) in [6.07, 6.45) is -1.84. The van der Waals surface area contributed by atoms with Crippen molar-refractivity contribution >= 4 is 37.1 Å². The smallest absolute Gasteiger partial charge is 0.323 e. The molecule has 0 bridgehead atoms. The van der Waals surface area contributed by atoms with E-state index < -0.39 is 38.7 Å². The lowest BCUT2D eigenvalue weighted by molar-refractivity contribution is -0.149. The van der Waals surface area contributed by atoms with Gasteiger partial charge in [0.05, 0.1) is 25.1 Å². The van der Waals surface area contributed by atoms with Crippen LogP contribution in [0.1, 0.15) is 33.4 Å². The van der Waals surface area contributed by atoms with Crippen molar-refractivity contribution in [1.82, 2.24) is 24.6 Å². The molecule has 1 saturated heterocycles. The van der Waals surface area contributed by atoms with Crippen LogP contribution in [-0.4, -0.2) is 63.6 Å². The molecule has 2 aromatic rings. The maximum Gasteiger partial charge on any atom is 0.323 e. The lowest BCUT2D eigenvalue weighted by Gasteiger charge is -2.17. The number of nitrogens with one attached hydrogen (secondary N) is 2. The van der Waals surface area contributed by atoms with Gasteiger partial charge in [0.1, 0.15) is 12.2 Å². The summed E-state index contributed by atoms with van der Waals surface area (Å²) in [4.78, 5) is 24.2. The van der Waals surface area contributed by atoms with E-state index in [2.05, 4.69) is 25.4 Å². The molecule has 2 aromatic heterocycles. The first-order valence-corrected chi connectivity index (χ1v) is 11.1. The number of carbonyl (C=O) groups excluding carboxylic acids is 1. The first-order chi connectivity index (χ1) is 14.7. The SMILES string of the molecule is CNc1nc(N)nc2c1ncn2[C@@H]1O[C@H](CO[PH](=O)N[C@H](C)C(=O)OC(C)C)C[C@@H]1F. The number of alkyl halides is 1. The van der Waals surface area contributed by atoms with Crippen molar-refractivity contribution in [3.63, 3.8) is 0 Å². The highest BCUT2D eigenvalue weighted by Gasteiger charge is 2.38. The van der Waals surface area contributed by atoms with Gasteiger partial charge in [-0.05, 0) is 20.8 Å². The maximum absolute atomic E-state index is 14.7. The number of nitrogens with two attached hydrogens (primary N) is 1. The zero-order valence-electron chi connectivity index (χ0n) is 17.7. The van der Waals surface area contributed by atoms with Crippen LogP contribution in [0, 0.1) is 0 Å². The van der Waals surface area contributed by atoms with Crippen LogP contribution in [0.2, 0.25) is 0 Å². The Morgan fingerprint density at radius 2 is 2.19 bits per heavy atom. The minimum absolute atomic E-state index is 0.0154. The summed E-state index contributed by atoms with van der Waals surface area (Å²) in [5, 5.41) is 5.42. The van der Waals surface area contributed by atoms with Gasteiger partial charge in [-0.15, -0.1) is 0 Å². The van der Waals surface area contributed by atoms with Gasteiger partial charge >= 0.3 is 5.97 Å². The Morgan fingerprint density at radius 3 is 2.87 bits per heavy atom. The summed E-state index contributed by atoms with van der Waals surface area (Å²) in [5.74, 6) is -0.0989. The van der Waals surface area contributed by atoms with Crippen LogP contribution >= 0.6 is 8.18 Å². The number of aromatic nitrogens is 4. The highest BCUT2D eigenvalue weighted by atomic mass is 31.1. The topological polar surface area (TPSA) is 156 Å². The zero-order valence-corrected chi connectivity index (χ0v) is 18.7. The minimum Gasteiger partial charge on any atom is -0.462 e. The summed E-state index contributed by atoms with van der Waals surface area (Å²) in [5.41, 5.74) is 6.49. The van der Waals surface area contributed by atoms with Crippen molar-refractivity contribution in [2.75, 3.05) is 24.7 Å². The summed E-state index contributed by atoms with van der Waals surface area (Å²) >= 11 is 0. The molecule has 14 heteroatoms. The van der Waals surface area contributed by atoms with Crippen LogP contribution in [0.3, 0.4) is 0 Å². The van der Waals surface area contributed by atoms with Crippen LogP contribution in [-0.2, 0) is 23.4 Å². The number of hydrogen-bond donors (Lipinski definition) is 3. The Labute approximate surface area is 179 Å². The number of hydrogen-bond acceptors (Lipinski definition) is 10. The molecule has 0 saturated carbocycles. The number of esters is 1. The van der Waals surface area contributed by atoms with Gasteiger partial charge in [-0.3, -0.25) is 13.9 Å². The molecular formula is C17H27FN7O5P. The maximum atomic E-state index is 14.7. The monoisotopic (exact) mass is 459 g/mol. The molecule has 3 heterocycles. The summed E-state index contributed by atoms with van der Waals surface area (Å²) in [7, 11) is -1.10. The highest BCUT2D eigenvalue weighted by Crippen LogP contribution is 2.35. The summed E-state index contributed by atoms with van der Waals surface area (Å²) < 4.78 is 44.3. The number of anilines is 2. The van der Waals surface area contributed by atoms with E-state index in [1.165, 1.54) is 17.8 Å². The van der Waals surface area contributed by atoms with E-state index in [4.69, 9.17) is 19.7 Å². The second kappa shape index (κ2) is 9.86. The quantitative estimate of drug-likeness (QED) is 0.368. The second-order valence-electron chi connectivity index (χ2n) is 7.35. The molecule has 0 amide bonds. The average molecular weight is 459 g/mol. The van der Waals surface area contributed by atoms with Gasteiger partial charge in [0.25, 0.3) is 8.18 Å². The zero-order chi connectivity index (χ0) is 22.7. The van der Waals surface area contributed by atoms with E-state index in [1.807, 2.05) is 0 Å². The Kier molecular flexibility index (Phi) is 7.42. The Balaban J connectivity index is 1.59. The van der Waals surface area contributed by atoms with Crippen molar-refractivity contribution in [1.29, 1.82) is 0 Å². The lowest BCUT2D eigenvalue weighted by atomic mass is 10.2.